The molecule has 1 saturated heterocycles. The first kappa shape index (κ1) is 22.1. The number of ether oxygens (including phenoxy) is 1. The van der Waals surface area contributed by atoms with E-state index >= 15 is 0 Å². The first-order chi connectivity index (χ1) is 16.4. The summed E-state index contributed by atoms with van der Waals surface area (Å²) in [4.78, 5) is 46.9. The fourth-order valence-electron chi connectivity index (χ4n) is 4.19. The fraction of sp³-hybridized carbons (Fsp3) is 0.280. The monoisotopic (exact) mass is 476 g/mol. The summed E-state index contributed by atoms with van der Waals surface area (Å²) in [5.74, 6) is 0.181. The van der Waals surface area contributed by atoms with Gasteiger partial charge in [-0.1, -0.05) is 6.07 Å². The van der Waals surface area contributed by atoms with E-state index in [4.69, 9.17) is 4.74 Å². The Labute approximate surface area is 201 Å². The van der Waals surface area contributed by atoms with Crippen LogP contribution in [0.5, 0.6) is 5.75 Å². The van der Waals surface area contributed by atoms with Gasteiger partial charge in [0, 0.05) is 55.8 Å². The number of anilines is 1. The van der Waals surface area contributed by atoms with Crippen LogP contribution in [0.3, 0.4) is 0 Å². The zero-order valence-electron chi connectivity index (χ0n) is 18.9. The van der Waals surface area contributed by atoms with E-state index in [2.05, 4.69) is 4.98 Å². The summed E-state index contributed by atoms with van der Waals surface area (Å²) in [6, 6.07) is 13.0. The maximum absolute atomic E-state index is 13.1. The summed E-state index contributed by atoms with van der Waals surface area (Å²) >= 11 is 1.54. The van der Waals surface area contributed by atoms with Gasteiger partial charge < -0.3 is 19.4 Å². The van der Waals surface area contributed by atoms with E-state index in [1.54, 1.807) is 41.9 Å². The standard InChI is InChI=1S/C25H24N4O4S/c1-27(2)23(30)13-28-12-17-3-6-18(11-20(17)24(28)31)29-10-9-22(25(29)32)33-19-7-4-16(5-8-19)21-14-34-15-26-21/h3-8,11,14-15,22H,9-10,12-13H2,1-2H3/t22-/m1/s1. The average molecular weight is 477 g/mol. The lowest BCUT2D eigenvalue weighted by molar-refractivity contribution is -0.129. The number of thiazole rings is 1. The Morgan fingerprint density at radius 3 is 2.68 bits per heavy atom. The highest BCUT2D eigenvalue weighted by Gasteiger charge is 2.36. The highest BCUT2D eigenvalue weighted by atomic mass is 32.1. The lowest BCUT2D eigenvalue weighted by Gasteiger charge is -2.18. The van der Waals surface area contributed by atoms with Crippen molar-refractivity contribution in [3.63, 3.8) is 0 Å². The number of carbonyl (C=O) groups is 3. The molecule has 1 fully saturated rings. The Hall–Kier alpha value is -3.72. The highest BCUT2D eigenvalue weighted by molar-refractivity contribution is 7.07. The molecule has 0 radical (unpaired) electrons. The number of fused-ring (bicyclic) bond motifs is 1. The summed E-state index contributed by atoms with van der Waals surface area (Å²) in [6.07, 6.45) is -0.0236. The minimum atomic E-state index is -0.580. The van der Waals surface area contributed by atoms with Crippen LogP contribution in [0.2, 0.25) is 0 Å². The molecule has 34 heavy (non-hydrogen) atoms. The minimum absolute atomic E-state index is 0.0374. The van der Waals surface area contributed by atoms with Gasteiger partial charge in [0.15, 0.2) is 6.10 Å². The van der Waals surface area contributed by atoms with Gasteiger partial charge >= 0.3 is 0 Å². The number of benzene rings is 2. The van der Waals surface area contributed by atoms with E-state index in [0.29, 0.717) is 36.5 Å². The Kier molecular flexibility index (Phi) is 5.79. The molecule has 3 aromatic rings. The Morgan fingerprint density at radius 1 is 1.18 bits per heavy atom. The zero-order chi connectivity index (χ0) is 23.8. The molecule has 2 aliphatic heterocycles. The first-order valence-electron chi connectivity index (χ1n) is 11.0. The lowest BCUT2D eigenvalue weighted by Crippen LogP contribution is -2.36. The molecule has 0 N–H and O–H groups in total. The van der Waals surface area contributed by atoms with Gasteiger partial charge in [-0.15, -0.1) is 11.3 Å². The van der Waals surface area contributed by atoms with Crippen LogP contribution in [0.1, 0.15) is 22.3 Å². The van der Waals surface area contributed by atoms with E-state index in [1.165, 1.54) is 9.80 Å². The second-order valence-electron chi connectivity index (χ2n) is 8.57. The molecule has 2 aliphatic rings. The Morgan fingerprint density at radius 2 is 1.97 bits per heavy atom. The van der Waals surface area contributed by atoms with Crippen LogP contribution in [0.25, 0.3) is 11.3 Å². The van der Waals surface area contributed by atoms with Gasteiger partial charge in [-0.3, -0.25) is 14.4 Å². The second-order valence-corrected chi connectivity index (χ2v) is 9.29. The van der Waals surface area contributed by atoms with Crippen molar-refractivity contribution in [2.45, 2.75) is 19.1 Å². The fourth-order valence-corrected chi connectivity index (χ4v) is 4.75. The topological polar surface area (TPSA) is 83.1 Å². The first-order valence-corrected chi connectivity index (χ1v) is 11.9. The molecular formula is C25H24N4O4S. The van der Waals surface area contributed by atoms with Crippen molar-refractivity contribution in [1.29, 1.82) is 0 Å². The van der Waals surface area contributed by atoms with Crippen molar-refractivity contribution in [2.24, 2.45) is 0 Å². The number of hydrogen-bond acceptors (Lipinski definition) is 6. The molecule has 174 valence electrons. The van der Waals surface area contributed by atoms with E-state index in [1.807, 2.05) is 41.8 Å². The molecule has 1 atom stereocenters. The van der Waals surface area contributed by atoms with Gasteiger partial charge in [-0.2, -0.15) is 0 Å². The van der Waals surface area contributed by atoms with Crippen LogP contribution in [-0.2, 0) is 16.1 Å². The third kappa shape index (κ3) is 4.14. The molecule has 2 aromatic carbocycles. The van der Waals surface area contributed by atoms with Crippen molar-refractivity contribution in [3.05, 3.63) is 64.5 Å². The summed E-state index contributed by atoms with van der Waals surface area (Å²) in [5.41, 5.74) is 5.77. The van der Waals surface area contributed by atoms with Gasteiger partial charge in [-0.25, -0.2) is 4.98 Å². The predicted octanol–water partition coefficient (Wildman–Crippen LogP) is 3.04. The van der Waals surface area contributed by atoms with Crippen LogP contribution in [0.4, 0.5) is 5.69 Å². The lowest BCUT2D eigenvalue weighted by atomic mass is 10.1. The number of rotatable bonds is 6. The molecule has 3 amide bonds. The Balaban J connectivity index is 1.26. The van der Waals surface area contributed by atoms with Crippen LogP contribution in [0, 0.1) is 0 Å². The van der Waals surface area contributed by atoms with Crippen LogP contribution >= 0.6 is 11.3 Å². The van der Waals surface area contributed by atoms with Crippen LogP contribution < -0.4 is 9.64 Å². The molecule has 3 heterocycles. The van der Waals surface area contributed by atoms with E-state index < -0.39 is 6.10 Å². The third-order valence-corrected chi connectivity index (χ3v) is 6.71. The Bertz CT molecular complexity index is 1240. The normalized spacial score (nSPS) is 17.3. The van der Waals surface area contributed by atoms with Crippen molar-refractivity contribution in [2.75, 3.05) is 32.1 Å². The van der Waals surface area contributed by atoms with Gasteiger partial charge in [-0.05, 0) is 42.0 Å². The number of carbonyl (C=O) groups excluding carboxylic acids is 3. The smallest absolute Gasteiger partial charge is 0.268 e. The van der Waals surface area contributed by atoms with Gasteiger partial charge in [0.1, 0.15) is 12.3 Å². The average Bonchev–Trinajstić information content (AvgIpc) is 3.56. The van der Waals surface area contributed by atoms with E-state index in [0.717, 1.165) is 16.8 Å². The second kappa shape index (κ2) is 8.90. The number of hydrogen-bond donors (Lipinski definition) is 0. The van der Waals surface area contributed by atoms with Crippen LogP contribution in [-0.4, -0.2) is 65.8 Å². The maximum Gasteiger partial charge on any atom is 0.268 e. The molecule has 8 nitrogen and oxygen atoms in total. The van der Waals surface area contributed by atoms with Crippen molar-refractivity contribution in [3.8, 4) is 17.0 Å². The van der Waals surface area contributed by atoms with Crippen molar-refractivity contribution in [1.82, 2.24) is 14.8 Å². The van der Waals surface area contributed by atoms with Crippen LogP contribution in [0.15, 0.2) is 53.4 Å². The molecule has 5 rings (SSSR count). The molecule has 0 bridgehead atoms. The molecule has 0 aliphatic carbocycles. The molecule has 0 saturated carbocycles. The molecule has 0 spiro atoms. The third-order valence-electron chi connectivity index (χ3n) is 6.13. The number of nitrogens with zero attached hydrogens (tertiary/aromatic N) is 4. The quantitative estimate of drug-likeness (QED) is 0.546. The van der Waals surface area contributed by atoms with E-state index in [9.17, 15) is 14.4 Å². The van der Waals surface area contributed by atoms with Gasteiger partial charge in [0.05, 0.1) is 11.2 Å². The van der Waals surface area contributed by atoms with Crippen molar-refractivity contribution < 1.29 is 19.1 Å². The van der Waals surface area contributed by atoms with Gasteiger partial charge in [0.25, 0.3) is 11.8 Å². The zero-order valence-corrected chi connectivity index (χ0v) is 19.7. The minimum Gasteiger partial charge on any atom is -0.481 e. The summed E-state index contributed by atoms with van der Waals surface area (Å²) < 4.78 is 5.98. The summed E-state index contributed by atoms with van der Waals surface area (Å²) in [7, 11) is 3.34. The number of likely N-dealkylation sites (N-methyl/N-ethyl adjacent to an activating group) is 1. The molecular weight excluding hydrogens is 452 g/mol. The molecule has 0 unspecified atom stereocenters. The number of aromatic nitrogens is 1. The summed E-state index contributed by atoms with van der Waals surface area (Å²) in [5, 5.41) is 1.98. The summed E-state index contributed by atoms with van der Waals surface area (Å²) in [6.45, 7) is 0.941. The van der Waals surface area contributed by atoms with Crippen molar-refractivity contribution >= 4 is 34.7 Å². The molecule has 1 aromatic heterocycles. The van der Waals surface area contributed by atoms with Gasteiger partial charge in [0.2, 0.25) is 5.91 Å². The maximum atomic E-state index is 13.1. The SMILES string of the molecule is CN(C)C(=O)CN1Cc2ccc(N3CC[C@@H](Oc4ccc(-c5cscn5)cc4)C3=O)cc2C1=O. The highest BCUT2D eigenvalue weighted by Crippen LogP contribution is 2.31. The molecule has 9 heteroatoms. The predicted molar refractivity (Wildman–Crippen MR) is 129 cm³/mol. The number of amides is 3. The largest absolute Gasteiger partial charge is 0.481 e. The van der Waals surface area contributed by atoms with E-state index in [-0.39, 0.29) is 24.3 Å².